The van der Waals surface area contributed by atoms with Crippen molar-refractivity contribution < 1.29 is 8.42 Å². The van der Waals surface area contributed by atoms with Gasteiger partial charge in [0.1, 0.15) is 0 Å². The first-order valence-electron chi connectivity index (χ1n) is 7.50. The molecule has 21 heavy (non-hydrogen) atoms. The summed E-state index contributed by atoms with van der Waals surface area (Å²) >= 11 is 1.57. The molecule has 2 heterocycles. The molecule has 1 saturated carbocycles. The summed E-state index contributed by atoms with van der Waals surface area (Å²) in [5.41, 5.74) is 0. The van der Waals surface area contributed by atoms with Gasteiger partial charge in [-0.1, -0.05) is 0 Å². The molecule has 5 nitrogen and oxygen atoms in total. The van der Waals surface area contributed by atoms with Crippen LogP contribution in [0.4, 0.5) is 0 Å². The number of hydrogen-bond donors (Lipinski definition) is 1. The van der Waals surface area contributed by atoms with Crippen molar-refractivity contribution >= 4 is 21.4 Å². The third-order valence-electron chi connectivity index (χ3n) is 4.23. The molecule has 3 rings (SSSR count). The van der Waals surface area contributed by atoms with Gasteiger partial charge in [0.05, 0.1) is 4.90 Å². The van der Waals surface area contributed by atoms with Crippen molar-refractivity contribution in [3.05, 3.63) is 15.8 Å². The van der Waals surface area contributed by atoms with E-state index >= 15 is 0 Å². The molecule has 0 atom stereocenters. The highest BCUT2D eigenvalue weighted by Gasteiger charge is 2.35. The average molecular weight is 329 g/mol. The van der Waals surface area contributed by atoms with Gasteiger partial charge in [0.25, 0.3) is 0 Å². The standard InChI is InChI=1S/C14H23N3O2S2/c1-11-14(9-13(20-11)10-15-2)21(18,19)17-7-5-16(6-8-17)12-3-4-12/h9,12,15H,3-8,10H2,1-2H3. The molecule has 2 aliphatic rings. The van der Waals surface area contributed by atoms with E-state index in [9.17, 15) is 8.42 Å². The molecule has 1 aromatic heterocycles. The maximum atomic E-state index is 12.8. The second kappa shape index (κ2) is 5.96. The molecular formula is C14H23N3O2S2. The zero-order chi connectivity index (χ0) is 15.0. The Morgan fingerprint density at radius 2 is 1.95 bits per heavy atom. The third kappa shape index (κ3) is 3.17. The largest absolute Gasteiger partial charge is 0.315 e. The predicted molar refractivity (Wildman–Crippen MR) is 85.2 cm³/mol. The van der Waals surface area contributed by atoms with Crippen LogP contribution in [0.2, 0.25) is 0 Å². The van der Waals surface area contributed by atoms with Crippen LogP contribution in [0.1, 0.15) is 22.6 Å². The molecule has 0 amide bonds. The maximum absolute atomic E-state index is 12.8. The van der Waals surface area contributed by atoms with Crippen molar-refractivity contribution in [2.24, 2.45) is 0 Å². The lowest BCUT2D eigenvalue weighted by molar-refractivity contribution is 0.180. The van der Waals surface area contributed by atoms with Crippen LogP contribution in [0.15, 0.2) is 11.0 Å². The number of nitrogens with one attached hydrogen (secondary N) is 1. The van der Waals surface area contributed by atoms with Crippen molar-refractivity contribution in [2.45, 2.75) is 37.2 Å². The monoisotopic (exact) mass is 329 g/mol. The minimum Gasteiger partial charge on any atom is -0.315 e. The van der Waals surface area contributed by atoms with E-state index in [1.165, 1.54) is 12.8 Å². The van der Waals surface area contributed by atoms with Crippen molar-refractivity contribution in [1.82, 2.24) is 14.5 Å². The zero-order valence-corrected chi connectivity index (χ0v) is 14.3. The Hall–Kier alpha value is -0.470. The van der Waals surface area contributed by atoms with E-state index in [4.69, 9.17) is 0 Å². The summed E-state index contributed by atoms with van der Waals surface area (Å²) < 4.78 is 27.3. The Morgan fingerprint density at radius 3 is 2.52 bits per heavy atom. The molecule has 0 bridgehead atoms. The maximum Gasteiger partial charge on any atom is 0.244 e. The summed E-state index contributed by atoms with van der Waals surface area (Å²) in [6.07, 6.45) is 2.56. The van der Waals surface area contributed by atoms with Crippen LogP contribution in [0.3, 0.4) is 0 Å². The lowest BCUT2D eigenvalue weighted by Gasteiger charge is -2.34. The van der Waals surface area contributed by atoms with Gasteiger partial charge in [-0.3, -0.25) is 4.90 Å². The van der Waals surface area contributed by atoms with Crippen LogP contribution in [-0.4, -0.2) is 56.9 Å². The summed E-state index contributed by atoms with van der Waals surface area (Å²) in [4.78, 5) is 4.89. The van der Waals surface area contributed by atoms with E-state index in [-0.39, 0.29) is 0 Å². The first kappa shape index (κ1) is 15.4. The van der Waals surface area contributed by atoms with Crippen molar-refractivity contribution in [2.75, 3.05) is 33.2 Å². The van der Waals surface area contributed by atoms with Crippen molar-refractivity contribution in [3.8, 4) is 0 Å². The number of nitrogens with zero attached hydrogens (tertiary/aromatic N) is 2. The quantitative estimate of drug-likeness (QED) is 0.883. The number of sulfonamides is 1. The van der Waals surface area contributed by atoms with Crippen LogP contribution in [-0.2, 0) is 16.6 Å². The Bertz CT molecular complexity index is 600. The van der Waals surface area contributed by atoms with Gasteiger partial charge in [0.15, 0.2) is 0 Å². The lowest BCUT2D eigenvalue weighted by atomic mass is 10.3. The normalized spacial score (nSPS) is 21.8. The van der Waals surface area contributed by atoms with E-state index in [2.05, 4.69) is 10.2 Å². The van der Waals surface area contributed by atoms with E-state index in [1.54, 1.807) is 15.6 Å². The Kier molecular flexibility index (Phi) is 4.38. The SMILES string of the molecule is CNCc1cc(S(=O)(=O)N2CCN(C3CC3)CC2)c(C)s1. The summed E-state index contributed by atoms with van der Waals surface area (Å²) in [5, 5.41) is 3.08. The molecule has 1 aliphatic heterocycles. The fourth-order valence-electron chi connectivity index (χ4n) is 2.93. The molecule has 0 radical (unpaired) electrons. The van der Waals surface area contributed by atoms with E-state index < -0.39 is 10.0 Å². The summed E-state index contributed by atoms with van der Waals surface area (Å²) in [6.45, 7) is 5.60. The smallest absolute Gasteiger partial charge is 0.244 e. The van der Waals surface area contributed by atoms with Gasteiger partial charge in [-0.2, -0.15) is 4.31 Å². The zero-order valence-electron chi connectivity index (χ0n) is 12.6. The van der Waals surface area contributed by atoms with Gasteiger partial charge in [-0.05, 0) is 32.9 Å². The third-order valence-corrected chi connectivity index (χ3v) is 7.43. The summed E-state index contributed by atoms with van der Waals surface area (Å²) in [7, 11) is -1.45. The second-order valence-corrected chi connectivity index (χ2v) is 9.08. The van der Waals surface area contributed by atoms with Crippen molar-refractivity contribution in [1.29, 1.82) is 0 Å². The molecule has 118 valence electrons. The van der Waals surface area contributed by atoms with Gasteiger partial charge in [-0.25, -0.2) is 8.42 Å². The summed E-state index contributed by atoms with van der Waals surface area (Å²) in [6, 6.07) is 2.55. The molecule has 0 spiro atoms. The first-order chi connectivity index (χ1) is 10.0. The highest BCUT2D eigenvalue weighted by atomic mass is 32.2. The molecule has 7 heteroatoms. The Balaban J connectivity index is 1.74. The second-order valence-electron chi connectivity index (χ2n) is 5.83. The van der Waals surface area contributed by atoms with Gasteiger partial charge < -0.3 is 5.32 Å². The van der Waals surface area contributed by atoms with Gasteiger partial charge in [0, 0.05) is 48.5 Å². The van der Waals surface area contributed by atoms with Gasteiger partial charge >= 0.3 is 0 Å². The van der Waals surface area contributed by atoms with Gasteiger partial charge in [-0.15, -0.1) is 11.3 Å². The summed E-state index contributed by atoms with van der Waals surface area (Å²) in [5.74, 6) is 0. The average Bonchev–Trinajstić information content (AvgIpc) is 3.23. The molecular weight excluding hydrogens is 306 g/mol. The number of piperazine rings is 1. The van der Waals surface area contributed by atoms with Crippen LogP contribution < -0.4 is 5.32 Å². The highest BCUT2D eigenvalue weighted by Crippen LogP contribution is 2.31. The fraction of sp³-hybridized carbons (Fsp3) is 0.714. The van der Waals surface area contributed by atoms with Crippen LogP contribution in [0.5, 0.6) is 0 Å². The Morgan fingerprint density at radius 1 is 1.29 bits per heavy atom. The molecule has 0 aromatic carbocycles. The van der Waals surface area contributed by atoms with E-state index in [0.717, 1.165) is 35.4 Å². The number of rotatable bonds is 5. The lowest BCUT2D eigenvalue weighted by Crippen LogP contribution is -2.49. The highest BCUT2D eigenvalue weighted by molar-refractivity contribution is 7.89. The van der Waals surface area contributed by atoms with E-state index in [1.807, 2.05) is 20.0 Å². The first-order valence-corrected chi connectivity index (χ1v) is 9.76. The minimum atomic E-state index is -3.33. The molecule has 0 unspecified atom stereocenters. The topological polar surface area (TPSA) is 52.7 Å². The predicted octanol–water partition coefficient (Wildman–Crippen LogP) is 1.24. The Labute approximate surface area is 131 Å². The minimum absolute atomic E-state index is 0.498. The van der Waals surface area contributed by atoms with E-state index in [0.29, 0.717) is 18.0 Å². The number of thiophene rings is 1. The van der Waals surface area contributed by atoms with Gasteiger partial charge in [0.2, 0.25) is 10.0 Å². The molecule has 1 aliphatic carbocycles. The fourth-order valence-corrected chi connectivity index (χ4v) is 5.97. The number of hydrogen-bond acceptors (Lipinski definition) is 5. The van der Waals surface area contributed by atoms with Crippen LogP contribution in [0.25, 0.3) is 0 Å². The molecule has 1 N–H and O–H groups in total. The van der Waals surface area contributed by atoms with Crippen LogP contribution >= 0.6 is 11.3 Å². The van der Waals surface area contributed by atoms with Crippen molar-refractivity contribution in [3.63, 3.8) is 0 Å². The van der Waals surface area contributed by atoms with Crippen LogP contribution in [0, 0.1) is 6.92 Å². The molecule has 1 saturated heterocycles. The number of aryl methyl sites for hydroxylation is 1. The molecule has 1 aromatic rings. The molecule has 2 fully saturated rings.